The van der Waals surface area contributed by atoms with Crippen molar-refractivity contribution in [3.05, 3.63) is 23.9 Å². The van der Waals surface area contributed by atoms with E-state index in [-0.39, 0.29) is 12.2 Å². The van der Waals surface area contributed by atoms with Crippen LogP contribution in [0.25, 0.3) is 0 Å². The summed E-state index contributed by atoms with van der Waals surface area (Å²) in [6.07, 6.45) is -4.04. The summed E-state index contributed by atoms with van der Waals surface area (Å²) >= 11 is 0. The van der Waals surface area contributed by atoms with Crippen molar-refractivity contribution in [2.24, 2.45) is 5.92 Å². The van der Waals surface area contributed by atoms with Crippen LogP contribution >= 0.6 is 0 Å². The number of carbonyl (C=O) groups is 1. The number of alkyl halides is 3. The van der Waals surface area contributed by atoms with Crippen LogP contribution in [0.1, 0.15) is 39.2 Å². The monoisotopic (exact) mass is 304 g/mol. The normalized spacial score (nSPS) is 14.6. The Morgan fingerprint density at radius 2 is 2.00 bits per heavy atom. The van der Waals surface area contributed by atoms with Gasteiger partial charge in [-0.2, -0.15) is 13.2 Å². The summed E-state index contributed by atoms with van der Waals surface area (Å²) in [7, 11) is 0. The van der Waals surface area contributed by atoms with Crippen LogP contribution in [0.3, 0.4) is 0 Å². The molecule has 21 heavy (non-hydrogen) atoms. The van der Waals surface area contributed by atoms with Crippen LogP contribution in [0.5, 0.6) is 0 Å². The van der Waals surface area contributed by atoms with Gasteiger partial charge in [-0.3, -0.25) is 9.69 Å². The van der Waals surface area contributed by atoms with Crippen LogP contribution in [0, 0.1) is 5.92 Å². The molecule has 0 aliphatic carbocycles. The number of pyridine rings is 1. The Morgan fingerprint density at radius 1 is 1.38 bits per heavy atom. The van der Waals surface area contributed by atoms with E-state index in [1.807, 2.05) is 0 Å². The first-order valence-corrected chi connectivity index (χ1v) is 6.76. The number of hydrogen-bond donors (Lipinski definition) is 1. The Bertz CT molecular complexity index is 491. The summed E-state index contributed by atoms with van der Waals surface area (Å²) in [4.78, 5) is 17.0. The number of anilines is 1. The average Bonchev–Trinajstić information content (AvgIpc) is 2.45. The molecule has 1 N–H and O–H groups in total. The molecule has 0 saturated carbocycles. The van der Waals surface area contributed by atoms with Crippen molar-refractivity contribution in [1.82, 2.24) is 4.98 Å². The van der Waals surface area contributed by atoms with E-state index in [0.29, 0.717) is 6.42 Å². The van der Waals surface area contributed by atoms with Crippen LogP contribution in [0.2, 0.25) is 0 Å². The first-order chi connectivity index (χ1) is 9.72. The Hall–Kier alpha value is -1.63. The highest BCUT2D eigenvalue weighted by Gasteiger charge is 2.33. The first kappa shape index (κ1) is 17.4. The van der Waals surface area contributed by atoms with Gasteiger partial charge in [-0.25, -0.2) is 4.98 Å². The highest BCUT2D eigenvalue weighted by atomic mass is 19.4. The third kappa shape index (κ3) is 4.17. The van der Waals surface area contributed by atoms with Crippen molar-refractivity contribution in [3.63, 3.8) is 0 Å². The summed E-state index contributed by atoms with van der Waals surface area (Å²) in [5.74, 6) is -1.05. The molecular formula is C14H19F3N2O2. The molecule has 0 bridgehead atoms. The Labute approximate surface area is 121 Å². The smallest absolute Gasteiger partial charge is 0.373 e. The molecule has 7 heteroatoms. The number of rotatable bonds is 5. The minimum Gasteiger partial charge on any atom is -0.373 e. The summed E-state index contributed by atoms with van der Waals surface area (Å²) in [5, 5.41) is 9.96. The van der Waals surface area contributed by atoms with Gasteiger partial charge in [-0.05, 0) is 25.0 Å². The minimum absolute atomic E-state index is 0.190. The molecule has 0 aromatic carbocycles. The summed E-state index contributed by atoms with van der Waals surface area (Å²) < 4.78 is 38.2. The van der Waals surface area contributed by atoms with E-state index < -0.39 is 29.8 Å². The molecular weight excluding hydrogens is 285 g/mol. The summed E-state index contributed by atoms with van der Waals surface area (Å²) in [5.41, 5.74) is -0.905. The number of nitrogens with zero attached hydrogens (tertiary/aromatic N) is 2. The molecule has 0 radical (unpaired) electrons. The zero-order chi connectivity index (χ0) is 16.2. The van der Waals surface area contributed by atoms with Gasteiger partial charge >= 0.3 is 6.18 Å². The van der Waals surface area contributed by atoms with Gasteiger partial charge in [0.25, 0.3) is 0 Å². The van der Waals surface area contributed by atoms with Crippen molar-refractivity contribution in [1.29, 1.82) is 0 Å². The molecule has 2 unspecified atom stereocenters. The number of hydrogen-bond acceptors (Lipinski definition) is 3. The third-order valence-corrected chi connectivity index (χ3v) is 3.25. The van der Waals surface area contributed by atoms with Crippen LogP contribution in [-0.2, 0) is 11.0 Å². The SMILES string of the molecule is CCC(C)C(=O)N(c1cc(C(F)(F)F)ccn1)C(O)CC. The fourth-order valence-corrected chi connectivity index (χ4v) is 1.73. The minimum atomic E-state index is -4.53. The van der Waals surface area contributed by atoms with Crippen molar-refractivity contribution in [3.8, 4) is 0 Å². The average molecular weight is 304 g/mol. The van der Waals surface area contributed by atoms with E-state index >= 15 is 0 Å². The van der Waals surface area contributed by atoms with Crippen molar-refractivity contribution < 1.29 is 23.1 Å². The number of aliphatic hydroxyl groups is 1. The van der Waals surface area contributed by atoms with Gasteiger partial charge in [0.15, 0.2) is 0 Å². The van der Waals surface area contributed by atoms with Crippen LogP contribution < -0.4 is 4.90 Å². The first-order valence-electron chi connectivity index (χ1n) is 6.76. The number of aromatic nitrogens is 1. The summed E-state index contributed by atoms with van der Waals surface area (Å²) in [6.45, 7) is 5.08. The topological polar surface area (TPSA) is 53.4 Å². The predicted octanol–water partition coefficient (Wildman–Crippen LogP) is 3.21. The number of halogens is 3. The zero-order valence-electron chi connectivity index (χ0n) is 12.2. The van der Waals surface area contributed by atoms with E-state index in [4.69, 9.17) is 0 Å². The van der Waals surface area contributed by atoms with Gasteiger partial charge in [0, 0.05) is 12.1 Å². The molecule has 0 fully saturated rings. The lowest BCUT2D eigenvalue weighted by Crippen LogP contribution is -2.43. The quantitative estimate of drug-likeness (QED) is 0.850. The molecule has 2 atom stereocenters. The maximum absolute atomic E-state index is 12.7. The van der Waals surface area contributed by atoms with Crippen LogP contribution in [0.15, 0.2) is 18.3 Å². The molecule has 1 aromatic heterocycles. The molecule has 1 rings (SSSR count). The van der Waals surface area contributed by atoms with E-state index in [1.54, 1.807) is 20.8 Å². The van der Waals surface area contributed by atoms with Crippen LogP contribution in [0.4, 0.5) is 19.0 Å². The lowest BCUT2D eigenvalue weighted by Gasteiger charge is -2.29. The molecule has 4 nitrogen and oxygen atoms in total. The second-order valence-electron chi connectivity index (χ2n) is 4.81. The lowest BCUT2D eigenvalue weighted by atomic mass is 10.1. The maximum Gasteiger partial charge on any atom is 0.416 e. The van der Waals surface area contributed by atoms with E-state index in [2.05, 4.69) is 4.98 Å². The molecule has 1 heterocycles. The molecule has 0 aliphatic rings. The van der Waals surface area contributed by atoms with Crippen molar-refractivity contribution in [2.45, 2.75) is 46.0 Å². The van der Waals surface area contributed by atoms with E-state index in [1.165, 1.54) is 0 Å². The second-order valence-corrected chi connectivity index (χ2v) is 4.81. The van der Waals surface area contributed by atoms with E-state index in [0.717, 1.165) is 23.2 Å². The largest absolute Gasteiger partial charge is 0.416 e. The second kappa shape index (κ2) is 6.89. The Balaban J connectivity index is 3.24. The Kier molecular flexibility index (Phi) is 5.71. The molecule has 0 aliphatic heterocycles. The predicted molar refractivity (Wildman–Crippen MR) is 72.5 cm³/mol. The zero-order valence-corrected chi connectivity index (χ0v) is 12.2. The van der Waals surface area contributed by atoms with Crippen molar-refractivity contribution >= 4 is 11.7 Å². The third-order valence-electron chi connectivity index (χ3n) is 3.25. The van der Waals surface area contributed by atoms with Crippen molar-refractivity contribution in [2.75, 3.05) is 4.90 Å². The van der Waals surface area contributed by atoms with Gasteiger partial charge in [0.1, 0.15) is 12.0 Å². The molecule has 118 valence electrons. The molecule has 0 saturated heterocycles. The fourth-order valence-electron chi connectivity index (χ4n) is 1.73. The van der Waals surface area contributed by atoms with Gasteiger partial charge in [0.05, 0.1) is 5.56 Å². The van der Waals surface area contributed by atoms with Gasteiger partial charge in [-0.15, -0.1) is 0 Å². The highest BCUT2D eigenvalue weighted by Crippen LogP contribution is 2.31. The van der Waals surface area contributed by atoms with Gasteiger partial charge in [0.2, 0.25) is 5.91 Å². The summed E-state index contributed by atoms with van der Waals surface area (Å²) in [6, 6.07) is 1.60. The molecule has 0 spiro atoms. The lowest BCUT2D eigenvalue weighted by molar-refractivity contribution is -0.137. The van der Waals surface area contributed by atoms with Crippen LogP contribution in [-0.4, -0.2) is 22.2 Å². The fraction of sp³-hybridized carbons (Fsp3) is 0.571. The number of carbonyl (C=O) groups excluding carboxylic acids is 1. The molecule has 1 aromatic rings. The standard InChI is InChI=1S/C14H19F3N2O2/c1-4-9(3)13(21)19(12(20)5-2)11-8-10(6-7-18-11)14(15,16)17/h6-9,12,20H,4-5H2,1-3H3. The Morgan fingerprint density at radius 3 is 2.48 bits per heavy atom. The number of aliphatic hydroxyl groups excluding tert-OH is 1. The highest BCUT2D eigenvalue weighted by molar-refractivity contribution is 5.94. The van der Waals surface area contributed by atoms with Gasteiger partial charge < -0.3 is 5.11 Å². The van der Waals surface area contributed by atoms with Gasteiger partial charge in [-0.1, -0.05) is 20.8 Å². The number of amides is 1. The van der Waals surface area contributed by atoms with E-state index in [9.17, 15) is 23.1 Å². The molecule has 1 amide bonds. The maximum atomic E-state index is 12.7.